The fraction of sp³-hybridized carbons (Fsp3) is 0.286. The van der Waals surface area contributed by atoms with Gasteiger partial charge in [0.25, 0.3) is 0 Å². The number of sulfone groups is 1. The van der Waals surface area contributed by atoms with Gasteiger partial charge >= 0.3 is 12.0 Å². The first-order valence-corrected chi connectivity index (χ1v) is 13.6. The molecule has 2 aromatic rings. The highest BCUT2D eigenvalue weighted by atomic mass is 32.2. The van der Waals surface area contributed by atoms with Gasteiger partial charge < -0.3 is 21.1 Å². The number of carbonyl (C=O) groups excluding carboxylic acids is 2. The van der Waals surface area contributed by atoms with Crippen molar-refractivity contribution in [2.24, 2.45) is 0 Å². The van der Waals surface area contributed by atoms with E-state index in [1.807, 2.05) is 6.07 Å². The molecule has 1 saturated heterocycles. The molecular weight excluding hydrogens is 500 g/mol. The quantitative estimate of drug-likeness (QED) is 0.339. The van der Waals surface area contributed by atoms with E-state index in [4.69, 9.17) is 0 Å². The van der Waals surface area contributed by atoms with Crippen molar-refractivity contribution in [1.29, 1.82) is 0 Å². The lowest BCUT2D eigenvalue weighted by Gasteiger charge is -2.23. The fourth-order valence-electron chi connectivity index (χ4n) is 3.33. The molecule has 1 heterocycles. The number of hydrogen-bond acceptors (Lipinski definition) is 7. The second kappa shape index (κ2) is 10.8. The Morgan fingerprint density at radius 2 is 1.60 bits per heavy atom. The van der Waals surface area contributed by atoms with Crippen LogP contribution in [0.15, 0.2) is 65.6 Å². The number of carbonyl (C=O) groups is 3. The highest BCUT2D eigenvalue weighted by Crippen LogP contribution is 2.25. The van der Waals surface area contributed by atoms with Gasteiger partial charge in [-0.3, -0.25) is 4.79 Å². The van der Waals surface area contributed by atoms with E-state index in [1.54, 1.807) is 30.3 Å². The van der Waals surface area contributed by atoms with Crippen molar-refractivity contribution >= 4 is 37.8 Å². The third kappa shape index (κ3) is 6.77. The number of benzene rings is 2. The third-order valence-electron chi connectivity index (χ3n) is 5.11. The Labute approximate surface area is 202 Å². The number of nitrogens with zero attached hydrogens (tertiary/aromatic N) is 1. The number of urea groups is 1. The van der Waals surface area contributed by atoms with Crippen LogP contribution in [0.5, 0.6) is 0 Å². The smallest absolute Gasteiger partial charge is 0.328 e. The number of hydrogen-bond donors (Lipinski definition) is 4. The second-order valence-corrected chi connectivity index (χ2v) is 11.7. The van der Waals surface area contributed by atoms with Gasteiger partial charge in [0, 0.05) is 6.54 Å². The molecule has 2 aromatic carbocycles. The van der Waals surface area contributed by atoms with E-state index >= 15 is 0 Å². The maximum Gasteiger partial charge on any atom is 0.328 e. The van der Waals surface area contributed by atoms with Gasteiger partial charge in [0.2, 0.25) is 15.9 Å². The molecule has 0 aromatic heterocycles. The second-order valence-electron chi connectivity index (χ2n) is 7.71. The molecule has 0 aliphatic carbocycles. The van der Waals surface area contributed by atoms with E-state index in [1.165, 1.54) is 24.3 Å². The van der Waals surface area contributed by atoms with Crippen molar-refractivity contribution in [2.75, 3.05) is 18.2 Å². The summed E-state index contributed by atoms with van der Waals surface area (Å²) in [5, 5.41) is 16.4. The molecule has 4 N–H and O–H groups in total. The first-order valence-electron chi connectivity index (χ1n) is 10.4. The molecule has 0 bridgehead atoms. The molecule has 0 radical (unpaired) electrons. The SMILES string of the molecule is O=C(NCc1ccccc1)NCC(NC(=O)C1CS(=O)(=O)CN1S(=O)(=O)c1ccccc1)C(=O)O. The van der Waals surface area contributed by atoms with Crippen LogP contribution in [0, 0.1) is 0 Å². The molecule has 1 aliphatic rings. The molecule has 0 saturated carbocycles. The summed E-state index contributed by atoms with van der Waals surface area (Å²) in [5.74, 6) is -4.33. The number of carboxylic acid groups (broad SMARTS) is 1. The number of aliphatic carboxylic acids is 1. The molecule has 35 heavy (non-hydrogen) atoms. The topological polar surface area (TPSA) is 179 Å². The summed E-state index contributed by atoms with van der Waals surface area (Å²) in [5.41, 5.74) is 0.813. The largest absolute Gasteiger partial charge is 0.480 e. The van der Waals surface area contributed by atoms with E-state index in [2.05, 4.69) is 16.0 Å². The zero-order valence-corrected chi connectivity index (χ0v) is 20.0. The predicted octanol–water partition coefficient (Wildman–Crippen LogP) is -0.499. The Morgan fingerprint density at radius 1 is 1.00 bits per heavy atom. The van der Waals surface area contributed by atoms with Crippen LogP contribution in [0.25, 0.3) is 0 Å². The normalized spacial score (nSPS) is 18.3. The Kier molecular flexibility index (Phi) is 8.09. The van der Waals surface area contributed by atoms with Crippen LogP contribution in [-0.4, -0.2) is 74.4 Å². The summed E-state index contributed by atoms with van der Waals surface area (Å²) >= 11 is 0. The Morgan fingerprint density at radius 3 is 2.20 bits per heavy atom. The Balaban J connectivity index is 1.66. The highest BCUT2D eigenvalue weighted by Gasteiger charge is 2.47. The Bertz CT molecular complexity index is 1290. The van der Waals surface area contributed by atoms with Crippen LogP contribution in [0.4, 0.5) is 4.79 Å². The van der Waals surface area contributed by atoms with E-state index < -0.39 is 68.0 Å². The summed E-state index contributed by atoms with van der Waals surface area (Å²) in [6, 6.07) is 11.9. The van der Waals surface area contributed by atoms with Crippen molar-refractivity contribution in [3.8, 4) is 0 Å². The average Bonchev–Trinajstić information content (AvgIpc) is 3.17. The van der Waals surface area contributed by atoms with Gasteiger partial charge in [0.15, 0.2) is 9.84 Å². The van der Waals surface area contributed by atoms with E-state index in [0.717, 1.165) is 5.56 Å². The molecule has 2 atom stereocenters. The minimum Gasteiger partial charge on any atom is -0.480 e. The lowest BCUT2D eigenvalue weighted by Crippen LogP contribution is -2.55. The minimum atomic E-state index is -4.35. The summed E-state index contributed by atoms with van der Waals surface area (Å²) in [7, 11) is -8.29. The number of amides is 3. The first-order chi connectivity index (χ1) is 16.5. The first kappa shape index (κ1) is 26.1. The van der Waals surface area contributed by atoms with Crippen molar-refractivity contribution in [1.82, 2.24) is 20.3 Å². The molecule has 3 amide bonds. The number of nitrogens with one attached hydrogen (secondary N) is 3. The summed E-state index contributed by atoms with van der Waals surface area (Å²) in [6.07, 6.45) is 0. The standard InChI is InChI=1S/C21H24N4O8S2/c26-19(18-13-34(30,31)14-25(18)35(32,33)16-9-5-2-6-10-16)24-17(20(27)28)12-23-21(29)22-11-15-7-3-1-4-8-15/h1-10,17-18H,11-14H2,(H,24,26)(H,27,28)(H2,22,23,29). The molecule has 188 valence electrons. The lowest BCUT2D eigenvalue weighted by molar-refractivity contribution is -0.142. The van der Waals surface area contributed by atoms with Gasteiger partial charge in [-0.1, -0.05) is 48.5 Å². The molecule has 0 spiro atoms. The maximum absolute atomic E-state index is 13.0. The minimum absolute atomic E-state index is 0.184. The highest BCUT2D eigenvalue weighted by molar-refractivity contribution is 7.94. The van der Waals surface area contributed by atoms with Crippen LogP contribution in [-0.2, 0) is 36.0 Å². The summed E-state index contributed by atoms with van der Waals surface area (Å²) < 4.78 is 50.8. The maximum atomic E-state index is 13.0. The van der Waals surface area contributed by atoms with Gasteiger partial charge in [-0.15, -0.1) is 0 Å². The van der Waals surface area contributed by atoms with Crippen molar-refractivity contribution < 1.29 is 36.3 Å². The molecule has 12 nitrogen and oxygen atoms in total. The zero-order valence-electron chi connectivity index (χ0n) is 18.3. The molecular formula is C21H24N4O8S2. The van der Waals surface area contributed by atoms with Crippen molar-refractivity contribution in [3.05, 3.63) is 66.2 Å². The summed E-state index contributed by atoms with van der Waals surface area (Å²) in [6.45, 7) is -0.338. The fourth-order valence-corrected chi connectivity index (χ4v) is 7.23. The predicted molar refractivity (Wildman–Crippen MR) is 124 cm³/mol. The molecule has 14 heteroatoms. The van der Waals surface area contributed by atoms with Crippen LogP contribution in [0.2, 0.25) is 0 Å². The zero-order chi connectivity index (χ0) is 25.6. The number of sulfonamides is 1. The lowest BCUT2D eigenvalue weighted by atomic mass is 10.2. The van der Waals surface area contributed by atoms with Crippen LogP contribution < -0.4 is 16.0 Å². The molecule has 1 fully saturated rings. The van der Waals surface area contributed by atoms with Gasteiger partial charge in [0.05, 0.1) is 17.2 Å². The molecule has 1 aliphatic heterocycles. The van der Waals surface area contributed by atoms with Crippen molar-refractivity contribution in [2.45, 2.75) is 23.5 Å². The monoisotopic (exact) mass is 524 g/mol. The number of rotatable bonds is 9. The van der Waals surface area contributed by atoms with Gasteiger partial charge in [0.1, 0.15) is 18.0 Å². The van der Waals surface area contributed by atoms with Gasteiger partial charge in [-0.25, -0.2) is 26.4 Å². The van der Waals surface area contributed by atoms with Crippen LogP contribution in [0.3, 0.4) is 0 Å². The van der Waals surface area contributed by atoms with Gasteiger partial charge in [-0.2, -0.15) is 4.31 Å². The molecule has 2 unspecified atom stereocenters. The molecule has 3 rings (SSSR count). The van der Waals surface area contributed by atoms with E-state index in [0.29, 0.717) is 4.31 Å². The van der Waals surface area contributed by atoms with Crippen LogP contribution >= 0.6 is 0 Å². The number of carboxylic acids is 1. The van der Waals surface area contributed by atoms with Gasteiger partial charge in [-0.05, 0) is 17.7 Å². The van der Waals surface area contributed by atoms with Crippen molar-refractivity contribution in [3.63, 3.8) is 0 Å². The summed E-state index contributed by atoms with van der Waals surface area (Å²) in [4.78, 5) is 36.3. The average molecular weight is 525 g/mol. The van der Waals surface area contributed by atoms with Crippen LogP contribution in [0.1, 0.15) is 5.56 Å². The Hall–Kier alpha value is -3.49. The third-order valence-corrected chi connectivity index (χ3v) is 8.64. The van der Waals surface area contributed by atoms with E-state index in [-0.39, 0.29) is 11.4 Å². The van der Waals surface area contributed by atoms with E-state index in [9.17, 15) is 36.3 Å².